The molecule has 0 aliphatic carbocycles. The normalized spacial score (nSPS) is 21.6. The van der Waals surface area contributed by atoms with E-state index in [1.807, 2.05) is 0 Å². The predicted molar refractivity (Wildman–Crippen MR) is 71.1 cm³/mol. The van der Waals surface area contributed by atoms with Gasteiger partial charge in [0.1, 0.15) is 0 Å². The molecule has 1 heterocycles. The maximum absolute atomic E-state index is 5.69. The maximum Gasteiger partial charge on any atom is 0.0576 e. The summed E-state index contributed by atoms with van der Waals surface area (Å²) >= 11 is 0. The molecule has 2 atom stereocenters. The molecule has 17 heavy (non-hydrogen) atoms. The van der Waals surface area contributed by atoms with Gasteiger partial charge in [0.2, 0.25) is 0 Å². The summed E-state index contributed by atoms with van der Waals surface area (Å²) in [5, 5.41) is 3.57. The van der Waals surface area contributed by atoms with Crippen molar-refractivity contribution in [1.82, 2.24) is 5.32 Å². The monoisotopic (exact) mass is 233 g/mol. The zero-order valence-corrected chi connectivity index (χ0v) is 10.7. The highest BCUT2D eigenvalue weighted by atomic mass is 16.5. The van der Waals surface area contributed by atoms with Crippen molar-refractivity contribution in [3.8, 4) is 0 Å². The van der Waals surface area contributed by atoms with Crippen LogP contribution in [0.3, 0.4) is 0 Å². The van der Waals surface area contributed by atoms with Gasteiger partial charge in [-0.1, -0.05) is 37.3 Å². The topological polar surface area (TPSA) is 21.3 Å². The minimum Gasteiger partial charge on any atom is -0.378 e. The van der Waals surface area contributed by atoms with Gasteiger partial charge in [0.25, 0.3) is 0 Å². The predicted octanol–water partition coefficient (Wildman–Crippen LogP) is 3.30. The average molecular weight is 233 g/mol. The quantitative estimate of drug-likeness (QED) is 0.814. The minimum absolute atomic E-state index is 0.477. The third-order valence-electron chi connectivity index (χ3n) is 3.45. The SMILES string of the molecule is CCNC(CCC1CCCO1)c1ccccc1. The van der Waals surface area contributed by atoms with Crippen molar-refractivity contribution in [3.63, 3.8) is 0 Å². The lowest BCUT2D eigenvalue weighted by molar-refractivity contribution is 0.0996. The van der Waals surface area contributed by atoms with Crippen LogP contribution in [0.1, 0.15) is 44.2 Å². The van der Waals surface area contributed by atoms with Crippen LogP contribution in [0.2, 0.25) is 0 Å². The van der Waals surface area contributed by atoms with Gasteiger partial charge in [-0.05, 0) is 37.8 Å². The number of nitrogens with one attached hydrogen (secondary N) is 1. The average Bonchev–Trinajstić information content (AvgIpc) is 2.88. The molecule has 2 nitrogen and oxygen atoms in total. The van der Waals surface area contributed by atoms with E-state index in [-0.39, 0.29) is 0 Å². The smallest absolute Gasteiger partial charge is 0.0576 e. The Hall–Kier alpha value is -0.860. The summed E-state index contributed by atoms with van der Waals surface area (Å²) < 4.78 is 5.69. The molecular formula is C15H23NO. The first-order valence-electron chi connectivity index (χ1n) is 6.80. The minimum atomic E-state index is 0.477. The second-order valence-corrected chi connectivity index (χ2v) is 4.73. The van der Waals surface area contributed by atoms with E-state index in [1.165, 1.54) is 31.2 Å². The van der Waals surface area contributed by atoms with Crippen molar-refractivity contribution in [2.45, 2.75) is 44.8 Å². The molecule has 1 aliphatic rings. The molecular weight excluding hydrogens is 210 g/mol. The zero-order chi connectivity index (χ0) is 11.9. The Kier molecular flexibility index (Phi) is 5.02. The summed E-state index contributed by atoms with van der Waals surface area (Å²) in [6.45, 7) is 4.15. The summed E-state index contributed by atoms with van der Waals surface area (Å²) in [6.07, 6.45) is 5.32. The van der Waals surface area contributed by atoms with Crippen LogP contribution in [0.5, 0.6) is 0 Å². The fourth-order valence-corrected chi connectivity index (χ4v) is 2.54. The molecule has 0 saturated carbocycles. The lowest BCUT2D eigenvalue weighted by Gasteiger charge is -2.20. The first-order valence-corrected chi connectivity index (χ1v) is 6.80. The molecule has 2 heteroatoms. The molecule has 1 fully saturated rings. The van der Waals surface area contributed by atoms with Crippen molar-refractivity contribution in [3.05, 3.63) is 35.9 Å². The first-order chi connectivity index (χ1) is 8.40. The van der Waals surface area contributed by atoms with Crippen LogP contribution in [0, 0.1) is 0 Å². The fourth-order valence-electron chi connectivity index (χ4n) is 2.54. The standard InChI is InChI=1S/C15H23NO/c1-2-16-15(13-7-4-3-5-8-13)11-10-14-9-6-12-17-14/h3-5,7-8,14-16H,2,6,9-12H2,1H3. The summed E-state index contributed by atoms with van der Waals surface area (Å²) in [4.78, 5) is 0. The molecule has 1 aromatic carbocycles. The van der Waals surface area contributed by atoms with Gasteiger partial charge in [0.15, 0.2) is 0 Å². The Morgan fingerprint density at radius 3 is 2.82 bits per heavy atom. The van der Waals surface area contributed by atoms with Crippen molar-refractivity contribution in [2.24, 2.45) is 0 Å². The molecule has 0 aromatic heterocycles. The summed E-state index contributed by atoms with van der Waals surface area (Å²) in [7, 11) is 0. The van der Waals surface area contributed by atoms with E-state index in [1.54, 1.807) is 0 Å². The van der Waals surface area contributed by atoms with E-state index in [2.05, 4.69) is 42.6 Å². The van der Waals surface area contributed by atoms with Gasteiger partial charge in [-0.2, -0.15) is 0 Å². The fraction of sp³-hybridized carbons (Fsp3) is 0.600. The molecule has 1 saturated heterocycles. The van der Waals surface area contributed by atoms with Crippen LogP contribution in [-0.4, -0.2) is 19.3 Å². The molecule has 2 rings (SSSR count). The highest BCUT2D eigenvalue weighted by molar-refractivity contribution is 5.18. The molecule has 2 unspecified atom stereocenters. The molecule has 0 amide bonds. The summed E-state index contributed by atoms with van der Waals surface area (Å²) in [5.74, 6) is 0. The third kappa shape index (κ3) is 3.83. The van der Waals surface area contributed by atoms with Gasteiger partial charge < -0.3 is 10.1 Å². The molecule has 94 valence electrons. The van der Waals surface area contributed by atoms with E-state index in [0.717, 1.165) is 13.2 Å². The van der Waals surface area contributed by atoms with Crippen LogP contribution in [0.25, 0.3) is 0 Å². The van der Waals surface area contributed by atoms with E-state index >= 15 is 0 Å². The lowest BCUT2D eigenvalue weighted by atomic mass is 9.99. The first kappa shape index (κ1) is 12.6. The summed E-state index contributed by atoms with van der Waals surface area (Å²) in [5.41, 5.74) is 1.40. The van der Waals surface area contributed by atoms with Crippen LogP contribution in [0.4, 0.5) is 0 Å². The number of rotatable bonds is 6. The number of hydrogen-bond acceptors (Lipinski definition) is 2. The molecule has 0 bridgehead atoms. The van der Waals surface area contributed by atoms with Gasteiger partial charge >= 0.3 is 0 Å². The molecule has 0 spiro atoms. The van der Waals surface area contributed by atoms with E-state index in [4.69, 9.17) is 4.74 Å². The molecule has 1 N–H and O–H groups in total. The van der Waals surface area contributed by atoms with Crippen molar-refractivity contribution in [2.75, 3.05) is 13.2 Å². The largest absolute Gasteiger partial charge is 0.378 e. The Morgan fingerprint density at radius 2 is 2.18 bits per heavy atom. The van der Waals surface area contributed by atoms with E-state index in [0.29, 0.717) is 12.1 Å². The second kappa shape index (κ2) is 6.77. The van der Waals surface area contributed by atoms with Gasteiger partial charge in [0.05, 0.1) is 6.10 Å². The lowest BCUT2D eigenvalue weighted by Crippen LogP contribution is -2.22. The molecule has 1 aromatic rings. The Bertz CT molecular complexity index is 306. The Morgan fingerprint density at radius 1 is 1.35 bits per heavy atom. The van der Waals surface area contributed by atoms with Crippen LogP contribution in [0.15, 0.2) is 30.3 Å². The van der Waals surface area contributed by atoms with Gasteiger partial charge in [-0.25, -0.2) is 0 Å². The summed E-state index contributed by atoms with van der Waals surface area (Å²) in [6, 6.07) is 11.2. The second-order valence-electron chi connectivity index (χ2n) is 4.73. The van der Waals surface area contributed by atoms with Crippen LogP contribution < -0.4 is 5.32 Å². The van der Waals surface area contributed by atoms with Gasteiger partial charge in [-0.3, -0.25) is 0 Å². The van der Waals surface area contributed by atoms with Crippen LogP contribution in [-0.2, 0) is 4.74 Å². The van der Waals surface area contributed by atoms with Crippen molar-refractivity contribution < 1.29 is 4.74 Å². The van der Waals surface area contributed by atoms with Crippen molar-refractivity contribution in [1.29, 1.82) is 0 Å². The third-order valence-corrected chi connectivity index (χ3v) is 3.45. The highest BCUT2D eigenvalue weighted by Gasteiger charge is 2.18. The van der Waals surface area contributed by atoms with Gasteiger partial charge in [0, 0.05) is 12.6 Å². The van der Waals surface area contributed by atoms with E-state index in [9.17, 15) is 0 Å². The molecule has 1 aliphatic heterocycles. The Labute approximate surface area is 104 Å². The number of ether oxygens (including phenoxy) is 1. The molecule has 0 radical (unpaired) electrons. The highest BCUT2D eigenvalue weighted by Crippen LogP contribution is 2.23. The number of hydrogen-bond donors (Lipinski definition) is 1. The van der Waals surface area contributed by atoms with E-state index < -0.39 is 0 Å². The zero-order valence-electron chi connectivity index (χ0n) is 10.7. The van der Waals surface area contributed by atoms with Crippen molar-refractivity contribution >= 4 is 0 Å². The number of benzene rings is 1. The Balaban J connectivity index is 1.88. The maximum atomic E-state index is 5.69. The van der Waals surface area contributed by atoms with Crippen LogP contribution >= 0.6 is 0 Å². The van der Waals surface area contributed by atoms with Gasteiger partial charge in [-0.15, -0.1) is 0 Å².